The van der Waals surface area contributed by atoms with Gasteiger partial charge in [0.1, 0.15) is 48.8 Å². The van der Waals surface area contributed by atoms with Crippen molar-refractivity contribution in [2.75, 3.05) is 19.8 Å². The van der Waals surface area contributed by atoms with Crippen molar-refractivity contribution < 1.29 is 64.6 Å². The number of allylic oxidation sites excluding steroid dienone is 5. The predicted octanol–water partition coefficient (Wildman–Crippen LogP) is 6.71. The lowest BCUT2D eigenvalue weighted by Crippen LogP contribution is -2.65. The van der Waals surface area contributed by atoms with Gasteiger partial charge in [0.25, 0.3) is 0 Å². The van der Waals surface area contributed by atoms with Gasteiger partial charge in [-0.05, 0) is 44.9 Å². The fourth-order valence-electron chi connectivity index (χ4n) is 8.32. The van der Waals surface area contributed by atoms with Gasteiger partial charge in [0.05, 0.1) is 32.0 Å². The lowest BCUT2D eigenvalue weighted by atomic mass is 9.97. The van der Waals surface area contributed by atoms with E-state index in [0.29, 0.717) is 12.8 Å². The molecule has 0 aliphatic carbocycles. The predicted molar refractivity (Wildman–Crippen MR) is 254 cm³/mol. The number of aliphatic hydroxyl groups excluding tert-OH is 8. The van der Waals surface area contributed by atoms with Gasteiger partial charge in [-0.3, -0.25) is 4.79 Å². The Balaban J connectivity index is 1.88. The molecule has 0 saturated carbocycles. The molecule has 14 heteroatoms. The minimum atomic E-state index is -1.79. The summed E-state index contributed by atoms with van der Waals surface area (Å²) in [6.45, 7) is 2.75. The van der Waals surface area contributed by atoms with E-state index < -0.39 is 86.8 Å². The van der Waals surface area contributed by atoms with Crippen LogP contribution in [-0.2, 0) is 23.7 Å². The fourth-order valence-corrected chi connectivity index (χ4v) is 8.32. The molecule has 1 amide bonds. The highest BCUT2D eigenvalue weighted by Gasteiger charge is 2.51. The first-order valence-corrected chi connectivity index (χ1v) is 25.7. The highest BCUT2D eigenvalue weighted by molar-refractivity contribution is 5.76. The van der Waals surface area contributed by atoms with E-state index in [-0.39, 0.29) is 18.9 Å². The Morgan fingerprint density at radius 3 is 1.51 bits per heavy atom. The van der Waals surface area contributed by atoms with Gasteiger partial charge in [-0.2, -0.15) is 0 Å². The van der Waals surface area contributed by atoms with Gasteiger partial charge < -0.3 is 65.1 Å². The molecule has 2 rings (SSSR count). The minimum absolute atomic E-state index is 0.254. The van der Waals surface area contributed by atoms with Gasteiger partial charge in [0, 0.05) is 6.42 Å². The third-order valence-corrected chi connectivity index (χ3v) is 12.6. The fraction of sp³-hybridized carbons (Fsp3) is 0.863. The van der Waals surface area contributed by atoms with Crippen LogP contribution in [0.25, 0.3) is 0 Å². The first kappa shape index (κ1) is 59.3. The van der Waals surface area contributed by atoms with Gasteiger partial charge in [-0.15, -0.1) is 0 Å². The Kier molecular flexibility index (Phi) is 34.8. The first-order chi connectivity index (χ1) is 31.6. The summed E-state index contributed by atoms with van der Waals surface area (Å²) in [6, 6.07) is -0.933. The van der Waals surface area contributed by atoms with Crippen molar-refractivity contribution in [3.05, 3.63) is 36.5 Å². The van der Waals surface area contributed by atoms with Gasteiger partial charge in [0.15, 0.2) is 12.6 Å². The molecule has 9 N–H and O–H groups in total. The molecule has 2 saturated heterocycles. The average molecular weight is 928 g/mol. The summed E-state index contributed by atoms with van der Waals surface area (Å²) in [5.74, 6) is -0.254. The molecule has 0 bridgehead atoms. The standard InChI is InChI=1S/C51H93NO13/c1-3-5-7-9-11-13-15-17-18-19-20-21-23-24-26-28-30-32-34-40(55)39(52-43(56)35-33-31-29-27-25-22-16-14-12-10-8-6-4-2)38-62-50-48(61)46(59)49(42(37-54)64-50)65-51-47(60)45(58)44(57)41(36-53)63-51/h19-20,24,26,32,34,39-42,44-51,53-55,57-61H,3-18,21-23,25,27-31,33,35-38H2,1-2H3,(H,52,56)/b20-19+,26-24+,34-32+. The molecule has 65 heavy (non-hydrogen) atoms. The molecule has 0 aromatic rings. The lowest BCUT2D eigenvalue weighted by Gasteiger charge is -2.46. The zero-order chi connectivity index (χ0) is 47.5. The van der Waals surface area contributed by atoms with E-state index in [2.05, 4.69) is 43.5 Å². The zero-order valence-electron chi connectivity index (χ0n) is 40.2. The van der Waals surface area contributed by atoms with Gasteiger partial charge in [0.2, 0.25) is 5.91 Å². The Morgan fingerprint density at radius 2 is 0.985 bits per heavy atom. The van der Waals surface area contributed by atoms with E-state index in [1.54, 1.807) is 6.08 Å². The van der Waals surface area contributed by atoms with Crippen LogP contribution in [-0.4, -0.2) is 140 Å². The Labute approximate surface area is 391 Å². The molecule has 12 unspecified atom stereocenters. The second-order valence-corrected chi connectivity index (χ2v) is 18.3. The van der Waals surface area contributed by atoms with Crippen molar-refractivity contribution in [1.82, 2.24) is 5.32 Å². The summed E-state index contributed by atoms with van der Waals surface area (Å²) >= 11 is 0. The molecule has 0 aromatic carbocycles. The van der Waals surface area contributed by atoms with Crippen molar-refractivity contribution in [2.45, 2.75) is 261 Å². The third kappa shape index (κ3) is 25.4. The van der Waals surface area contributed by atoms with Crippen LogP contribution in [0.5, 0.6) is 0 Å². The van der Waals surface area contributed by atoms with E-state index in [1.165, 1.54) is 109 Å². The van der Waals surface area contributed by atoms with Crippen molar-refractivity contribution >= 4 is 5.91 Å². The summed E-state index contributed by atoms with van der Waals surface area (Å²) in [4.78, 5) is 13.1. The third-order valence-electron chi connectivity index (χ3n) is 12.6. The van der Waals surface area contributed by atoms with Crippen LogP contribution in [0, 0.1) is 0 Å². The molecule has 0 radical (unpaired) electrons. The normalized spacial score (nSPS) is 27.3. The number of unbranched alkanes of at least 4 members (excludes halogenated alkanes) is 22. The number of rotatable bonds is 39. The van der Waals surface area contributed by atoms with Crippen molar-refractivity contribution in [2.24, 2.45) is 0 Å². The number of ether oxygens (including phenoxy) is 4. The molecular weight excluding hydrogens is 835 g/mol. The molecule has 380 valence electrons. The van der Waals surface area contributed by atoms with E-state index >= 15 is 0 Å². The van der Waals surface area contributed by atoms with E-state index in [9.17, 15) is 45.6 Å². The van der Waals surface area contributed by atoms with Crippen LogP contribution in [0.3, 0.4) is 0 Å². The van der Waals surface area contributed by atoms with Crippen LogP contribution in [0.1, 0.15) is 187 Å². The molecule has 2 fully saturated rings. The summed E-state index contributed by atoms with van der Waals surface area (Å²) in [5.41, 5.74) is 0. The SMILES string of the molecule is CCCCCCCCCC/C=C/CC/C=C/CC/C=C/C(O)C(COC1OC(CO)C(OC2OC(CO)C(O)C(O)C2O)C(O)C1O)NC(=O)CCCCCCCCCCCCCCC. The number of nitrogens with one attached hydrogen (secondary N) is 1. The largest absolute Gasteiger partial charge is 0.394 e. The minimum Gasteiger partial charge on any atom is -0.394 e. The van der Waals surface area contributed by atoms with Crippen LogP contribution in [0.15, 0.2) is 36.5 Å². The van der Waals surface area contributed by atoms with Gasteiger partial charge in [-0.25, -0.2) is 0 Å². The molecule has 14 nitrogen and oxygen atoms in total. The lowest BCUT2D eigenvalue weighted by molar-refractivity contribution is -0.359. The maximum Gasteiger partial charge on any atom is 0.220 e. The molecule has 0 aromatic heterocycles. The molecule has 2 aliphatic rings. The number of aliphatic hydroxyl groups is 8. The van der Waals surface area contributed by atoms with E-state index in [4.69, 9.17) is 18.9 Å². The van der Waals surface area contributed by atoms with Crippen LogP contribution >= 0.6 is 0 Å². The molecule has 2 heterocycles. The topological polar surface area (TPSA) is 228 Å². The van der Waals surface area contributed by atoms with Crippen LogP contribution < -0.4 is 5.32 Å². The average Bonchev–Trinajstić information content (AvgIpc) is 3.30. The van der Waals surface area contributed by atoms with Crippen LogP contribution in [0.4, 0.5) is 0 Å². The first-order valence-electron chi connectivity index (χ1n) is 25.7. The van der Waals surface area contributed by atoms with Crippen LogP contribution in [0.2, 0.25) is 0 Å². The highest BCUT2D eigenvalue weighted by atomic mass is 16.7. The van der Waals surface area contributed by atoms with Crippen molar-refractivity contribution in [3.8, 4) is 0 Å². The summed E-state index contributed by atoms with van der Waals surface area (Å²) in [6.07, 6.45) is 26.1. The van der Waals surface area contributed by atoms with Crippen molar-refractivity contribution in [1.29, 1.82) is 0 Å². The number of carbonyl (C=O) groups excluding carboxylic acids is 1. The van der Waals surface area contributed by atoms with Gasteiger partial charge >= 0.3 is 0 Å². The highest BCUT2D eigenvalue weighted by Crippen LogP contribution is 2.30. The second kappa shape index (κ2) is 38.1. The number of amides is 1. The monoisotopic (exact) mass is 928 g/mol. The van der Waals surface area contributed by atoms with Gasteiger partial charge in [-0.1, -0.05) is 172 Å². The summed E-state index contributed by atoms with van der Waals surface area (Å²) in [5, 5.41) is 86.7. The quantitative estimate of drug-likeness (QED) is 0.0231. The van der Waals surface area contributed by atoms with E-state index in [0.717, 1.165) is 44.9 Å². The number of hydrogen-bond acceptors (Lipinski definition) is 13. The molecule has 2 aliphatic heterocycles. The molecule has 12 atom stereocenters. The smallest absolute Gasteiger partial charge is 0.220 e. The van der Waals surface area contributed by atoms with E-state index in [1.807, 2.05) is 6.08 Å². The number of hydrogen-bond donors (Lipinski definition) is 9. The maximum atomic E-state index is 13.1. The van der Waals surface area contributed by atoms with Crippen molar-refractivity contribution in [3.63, 3.8) is 0 Å². The Morgan fingerprint density at radius 1 is 0.538 bits per heavy atom. The number of carbonyl (C=O) groups is 1. The maximum absolute atomic E-state index is 13.1. The second-order valence-electron chi connectivity index (χ2n) is 18.3. The Bertz CT molecular complexity index is 1230. The zero-order valence-corrected chi connectivity index (χ0v) is 40.2. The molecular formula is C51H93NO13. The summed E-state index contributed by atoms with van der Waals surface area (Å²) < 4.78 is 22.7. The summed E-state index contributed by atoms with van der Waals surface area (Å²) in [7, 11) is 0. The molecule has 0 spiro atoms. The Hall–Kier alpha value is -1.79.